The number of benzene rings is 1. The number of nitrogens with zero attached hydrogens (tertiary/aromatic N) is 1. The Balaban J connectivity index is 3.17. The van der Waals surface area contributed by atoms with Crippen molar-refractivity contribution in [2.45, 2.75) is 24.3 Å². The Morgan fingerprint density at radius 1 is 1.45 bits per heavy atom. The second-order valence-corrected chi connectivity index (χ2v) is 6.88. The Hall–Kier alpha value is -1.22. The molecule has 9 heteroatoms. The van der Waals surface area contributed by atoms with Crippen LogP contribution in [0, 0.1) is 10.1 Å². The van der Waals surface area contributed by atoms with Gasteiger partial charge in [0.05, 0.1) is 22.0 Å². The monoisotopic (exact) mass is 322 g/mol. The highest BCUT2D eigenvalue weighted by atomic mass is 35.5. The molecule has 112 valence electrons. The average molecular weight is 323 g/mol. The minimum Gasteiger partial charge on any atom is -0.383 e. The molecular formula is C11H15ClN2O5S. The third-order valence-electron chi connectivity index (χ3n) is 2.34. The number of hydrogen-bond donors (Lipinski definition) is 1. The molecule has 0 atom stereocenters. The molecule has 0 bridgehead atoms. The highest BCUT2D eigenvalue weighted by molar-refractivity contribution is 7.89. The molecule has 0 aromatic heterocycles. The number of halogens is 1. The van der Waals surface area contributed by atoms with Crippen molar-refractivity contribution in [1.82, 2.24) is 4.72 Å². The molecule has 1 rings (SSSR count). The van der Waals surface area contributed by atoms with Crippen molar-refractivity contribution in [1.29, 1.82) is 0 Å². The number of ether oxygens (including phenoxy) is 1. The van der Waals surface area contributed by atoms with Gasteiger partial charge < -0.3 is 4.74 Å². The zero-order valence-electron chi connectivity index (χ0n) is 11.2. The van der Waals surface area contributed by atoms with Crippen molar-refractivity contribution >= 4 is 27.3 Å². The van der Waals surface area contributed by atoms with Crippen molar-refractivity contribution < 1.29 is 18.1 Å². The van der Waals surface area contributed by atoms with E-state index in [0.717, 1.165) is 6.07 Å². The van der Waals surface area contributed by atoms with Crippen LogP contribution in [0.3, 0.4) is 0 Å². The summed E-state index contributed by atoms with van der Waals surface area (Å²) < 4.78 is 31.7. The van der Waals surface area contributed by atoms with Gasteiger partial charge in [-0.05, 0) is 26.0 Å². The predicted molar refractivity (Wildman–Crippen MR) is 74.4 cm³/mol. The quantitative estimate of drug-likeness (QED) is 0.637. The van der Waals surface area contributed by atoms with E-state index in [4.69, 9.17) is 16.3 Å². The second kappa shape index (κ2) is 6.04. The summed E-state index contributed by atoms with van der Waals surface area (Å²) in [5.41, 5.74) is -1.30. The molecule has 0 aliphatic carbocycles. The summed E-state index contributed by atoms with van der Waals surface area (Å²) in [4.78, 5) is 9.82. The third kappa shape index (κ3) is 4.14. The largest absolute Gasteiger partial charge is 0.383 e. The minimum absolute atomic E-state index is 0.120. The van der Waals surface area contributed by atoms with Crippen LogP contribution in [0.2, 0.25) is 5.02 Å². The van der Waals surface area contributed by atoms with Gasteiger partial charge in [0.1, 0.15) is 5.02 Å². The molecule has 20 heavy (non-hydrogen) atoms. The summed E-state index contributed by atoms with van der Waals surface area (Å²) >= 11 is 5.65. The lowest BCUT2D eigenvalue weighted by Gasteiger charge is -2.24. The van der Waals surface area contributed by atoms with Gasteiger partial charge in [0.25, 0.3) is 5.69 Å². The molecule has 1 aromatic carbocycles. The molecule has 0 heterocycles. The van der Waals surface area contributed by atoms with Gasteiger partial charge in [0.15, 0.2) is 0 Å². The van der Waals surface area contributed by atoms with E-state index in [1.54, 1.807) is 13.8 Å². The average Bonchev–Trinajstić information content (AvgIpc) is 2.26. The molecule has 1 N–H and O–H groups in total. The van der Waals surface area contributed by atoms with Gasteiger partial charge in [0.2, 0.25) is 10.0 Å². The van der Waals surface area contributed by atoms with Crippen molar-refractivity contribution in [2.75, 3.05) is 13.7 Å². The van der Waals surface area contributed by atoms with Crippen LogP contribution in [0.5, 0.6) is 0 Å². The number of sulfonamides is 1. The van der Waals surface area contributed by atoms with Gasteiger partial charge in [-0.1, -0.05) is 11.6 Å². The van der Waals surface area contributed by atoms with Crippen LogP contribution in [-0.2, 0) is 14.8 Å². The second-order valence-electron chi connectivity index (χ2n) is 4.79. The summed E-state index contributed by atoms with van der Waals surface area (Å²) in [7, 11) is -2.46. The Morgan fingerprint density at radius 2 is 2.05 bits per heavy atom. The molecule has 0 amide bonds. The maximum absolute atomic E-state index is 12.2. The summed E-state index contributed by atoms with van der Waals surface area (Å²) in [5, 5.41) is 10.7. The maximum atomic E-state index is 12.2. The number of nitro groups is 1. The SMILES string of the molecule is COCC(C)(C)NS(=O)(=O)c1ccc(Cl)c([N+](=O)[O-])c1. The summed E-state index contributed by atoms with van der Waals surface area (Å²) in [6.07, 6.45) is 0. The van der Waals surface area contributed by atoms with E-state index in [9.17, 15) is 18.5 Å². The van der Waals surface area contributed by atoms with Crippen molar-refractivity contribution in [3.63, 3.8) is 0 Å². The first kappa shape index (κ1) is 16.8. The van der Waals surface area contributed by atoms with Crippen LogP contribution in [0.25, 0.3) is 0 Å². The number of nitro benzene ring substituents is 1. The van der Waals surface area contributed by atoms with Gasteiger partial charge in [0, 0.05) is 13.2 Å². The van der Waals surface area contributed by atoms with Crippen LogP contribution in [0.15, 0.2) is 23.1 Å². The fourth-order valence-corrected chi connectivity index (χ4v) is 3.22. The Kier molecular flexibility index (Phi) is 5.09. The first-order valence-electron chi connectivity index (χ1n) is 5.56. The van der Waals surface area contributed by atoms with Gasteiger partial charge in [-0.2, -0.15) is 0 Å². The Bertz CT molecular complexity index is 615. The van der Waals surface area contributed by atoms with Crippen LogP contribution >= 0.6 is 11.6 Å². The van der Waals surface area contributed by atoms with E-state index >= 15 is 0 Å². The summed E-state index contributed by atoms with van der Waals surface area (Å²) in [6, 6.07) is 3.31. The first-order valence-corrected chi connectivity index (χ1v) is 7.42. The zero-order valence-corrected chi connectivity index (χ0v) is 12.8. The molecule has 0 radical (unpaired) electrons. The zero-order chi connectivity index (χ0) is 15.6. The van der Waals surface area contributed by atoms with Crippen LogP contribution < -0.4 is 4.72 Å². The van der Waals surface area contributed by atoms with E-state index in [2.05, 4.69) is 4.72 Å². The standard InChI is InChI=1S/C11H15ClN2O5S/c1-11(2,7-19-3)13-20(17,18)8-4-5-9(12)10(6-8)14(15)16/h4-6,13H,7H2,1-3H3. The van der Waals surface area contributed by atoms with Gasteiger partial charge in [-0.15, -0.1) is 0 Å². The van der Waals surface area contributed by atoms with E-state index in [1.807, 2.05) is 0 Å². The summed E-state index contributed by atoms with van der Waals surface area (Å²) in [5.74, 6) is 0. The number of methoxy groups -OCH3 is 1. The fourth-order valence-electron chi connectivity index (χ4n) is 1.61. The lowest BCUT2D eigenvalue weighted by atomic mass is 10.1. The normalized spacial score (nSPS) is 12.4. The molecule has 1 aromatic rings. The molecule has 0 fully saturated rings. The molecule has 7 nitrogen and oxygen atoms in total. The highest BCUT2D eigenvalue weighted by Gasteiger charge is 2.28. The van der Waals surface area contributed by atoms with Gasteiger partial charge in [-0.25, -0.2) is 13.1 Å². The molecule has 0 spiro atoms. The van der Waals surface area contributed by atoms with E-state index in [-0.39, 0.29) is 16.5 Å². The van der Waals surface area contributed by atoms with Crippen molar-refractivity contribution in [3.8, 4) is 0 Å². The molecule has 0 unspecified atom stereocenters. The Morgan fingerprint density at radius 3 is 2.55 bits per heavy atom. The van der Waals surface area contributed by atoms with Crippen molar-refractivity contribution in [3.05, 3.63) is 33.3 Å². The predicted octanol–water partition coefficient (Wildman–Crippen LogP) is 1.95. The number of rotatable bonds is 6. The van der Waals surface area contributed by atoms with E-state index < -0.39 is 26.2 Å². The van der Waals surface area contributed by atoms with Crippen molar-refractivity contribution in [2.24, 2.45) is 0 Å². The maximum Gasteiger partial charge on any atom is 0.289 e. The topological polar surface area (TPSA) is 98.5 Å². The molecular weight excluding hydrogens is 308 g/mol. The van der Waals surface area contributed by atoms with Crippen LogP contribution in [-0.4, -0.2) is 32.6 Å². The van der Waals surface area contributed by atoms with Crippen LogP contribution in [0.1, 0.15) is 13.8 Å². The molecule has 0 saturated carbocycles. The molecule has 0 saturated heterocycles. The highest BCUT2D eigenvalue weighted by Crippen LogP contribution is 2.27. The third-order valence-corrected chi connectivity index (χ3v) is 4.36. The fraction of sp³-hybridized carbons (Fsp3) is 0.455. The lowest BCUT2D eigenvalue weighted by Crippen LogP contribution is -2.46. The van der Waals surface area contributed by atoms with Crippen LogP contribution in [0.4, 0.5) is 5.69 Å². The van der Waals surface area contributed by atoms with Gasteiger partial charge >= 0.3 is 0 Å². The minimum atomic E-state index is -3.91. The number of nitrogens with one attached hydrogen (secondary N) is 1. The Labute approximate surface area is 122 Å². The van der Waals surface area contributed by atoms with Gasteiger partial charge in [-0.3, -0.25) is 10.1 Å². The molecule has 0 aliphatic heterocycles. The smallest absolute Gasteiger partial charge is 0.289 e. The lowest BCUT2D eigenvalue weighted by molar-refractivity contribution is -0.384. The van der Waals surface area contributed by atoms with E-state index in [1.165, 1.54) is 19.2 Å². The first-order chi connectivity index (χ1) is 9.09. The number of hydrogen-bond acceptors (Lipinski definition) is 5. The molecule has 0 aliphatic rings. The van der Waals surface area contributed by atoms with E-state index in [0.29, 0.717) is 0 Å². The summed E-state index contributed by atoms with van der Waals surface area (Å²) in [6.45, 7) is 3.43.